The van der Waals surface area contributed by atoms with Crippen LogP contribution in [-0.2, 0) is 0 Å². The van der Waals surface area contributed by atoms with Gasteiger partial charge in [-0.15, -0.1) is 0 Å². The second-order valence-corrected chi connectivity index (χ2v) is 14.9. The maximum Gasteiger partial charge on any atom is 0.159 e. The highest BCUT2D eigenvalue weighted by Crippen LogP contribution is 2.43. The van der Waals surface area contributed by atoms with Gasteiger partial charge >= 0.3 is 0 Å². The van der Waals surface area contributed by atoms with E-state index in [0.29, 0.717) is 0 Å². The van der Waals surface area contributed by atoms with E-state index in [1.165, 1.54) is 21.8 Å². The molecule has 0 radical (unpaired) electrons. The van der Waals surface area contributed by atoms with Crippen molar-refractivity contribution in [1.82, 2.24) is 4.57 Å². The summed E-state index contributed by atoms with van der Waals surface area (Å²) in [5.41, 5.74) is 14.6. The Morgan fingerprint density at radius 2 is 0.845 bits per heavy atom. The summed E-state index contributed by atoms with van der Waals surface area (Å²) in [4.78, 5) is 2.30. The molecule has 12 aromatic rings. The third-order valence-corrected chi connectivity index (χ3v) is 11.6. The first kappa shape index (κ1) is 32.4. The number of nitrogens with zero attached hydrogens (tertiary/aromatic N) is 2. The summed E-state index contributed by atoms with van der Waals surface area (Å²) in [5.74, 6) is 0. The smallest absolute Gasteiger partial charge is 0.159 e. The van der Waals surface area contributed by atoms with Crippen LogP contribution in [0.5, 0.6) is 0 Å². The fraction of sp³-hybridized carbons (Fsp3) is 0. The minimum absolute atomic E-state index is 0.853. The third kappa shape index (κ3) is 5.09. The quantitative estimate of drug-likeness (QED) is 0.170. The third-order valence-electron chi connectivity index (χ3n) is 11.6. The molecule has 0 atom stereocenters. The summed E-state index contributed by atoms with van der Waals surface area (Å²) < 4.78 is 15.2. The molecule has 0 bridgehead atoms. The van der Waals surface area contributed by atoms with Gasteiger partial charge in [-0.3, -0.25) is 0 Å². The molecule has 4 heteroatoms. The molecule has 12 rings (SSSR count). The van der Waals surface area contributed by atoms with E-state index >= 15 is 0 Å². The highest BCUT2D eigenvalue weighted by Gasteiger charge is 2.20. The first-order valence-electron chi connectivity index (χ1n) is 19.7. The fourth-order valence-corrected chi connectivity index (χ4v) is 8.85. The zero-order valence-corrected chi connectivity index (χ0v) is 31.3. The van der Waals surface area contributed by atoms with E-state index in [2.05, 4.69) is 191 Å². The van der Waals surface area contributed by atoms with Gasteiger partial charge in [-0.25, -0.2) is 0 Å². The largest absolute Gasteiger partial charge is 0.456 e. The first-order valence-corrected chi connectivity index (χ1v) is 19.7. The predicted octanol–water partition coefficient (Wildman–Crippen LogP) is 15.4. The van der Waals surface area contributed by atoms with Crippen molar-refractivity contribution < 1.29 is 8.83 Å². The van der Waals surface area contributed by atoms with Gasteiger partial charge in [0, 0.05) is 49.4 Å². The molecule has 0 spiro atoms. The van der Waals surface area contributed by atoms with E-state index in [0.717, 1.165) is 88.9 Å². The Labute approximate surface area is 334 Å². The number of hydrogen-bond acceptors (Lipinski definition) is 3. The van der Waals surface area contributed by atoms with E-state index in [-0.39, 0.29) is 0 Å². The van der Waals surface area contributed by atoms with Crippen LogP contribution in [0.15, 0.2) is 215 Å². The number of furan rings is 2. The van der Waals surface area contributed by atoms with Gasteiger partial charge in [0.15, 0.2) is 5.58 Å². The predicted molar refractivity (Wildman–Crippen MR) is 241 cm³/mol. The van der Waals surface area contributed by atoms with Crippen molar-refractivity contribution in [3.63, 3.8) is 0 Å². The van der Waals surface area contributed by atoms with Crippen molar-refractivity contribution in [2.45, 2.75) is 0 Å². The maximum atomic E-state index is 6.62. The molecule has 0 saturated carbocycles. The summed E-state index contributed by atoms with van der Waals surface area (Å²) >= 11 is 0. The van der Waals surface area contributed by atoms with Gasteiger partial charge in [0.05, 0.1) is 16.7 Å². The van der Waals surface area contributed by atoms with Crippen LogP contribution < -0.4 is 4.90 Å². The van der Waals surface area contributed by atoms with Gasteiger partial charge in [-0.05, 0) is 101 Å². The lowest BCUT2D eigenvalue weighted by Crippen LogP contribution is -2.10. The van der Waals surface area contributed by atoms with E-state index in [9.17, 15) is 0 Å². The topological polar surface area (TPSA) is 34.5 Å². The average Bonchev–Trinajstić information content (AvgIpc) is 3.97. The Balaban J connectivity index is 0.970. The average molecular weight is 743 g/mol. The molecule has 0 N–H and O–H groups in total. The monoisotopic (exact) mass is 742 g/mol. The molecule has 4 nitrogen and oxygen atoms in total. The van der Waals surface area contributed by atoms with Gasteiger partial charge in [0.1, 0.15) is 16.7 Å². The molecular formula is C54H34N2O2. The van der Waals surface area contributed by atoms with Gasteiger partial charge in [0.2, 0.25) is 0 Å². The molecule has 0 aliphatic rings. The van der Waals surface area contributed by atoms with Crippen LogP contribution in [0.1, 0.15) is 0 Å². The molecule has 0 amide bonds. The van der Waals surface area contributed by atoms with Crippen molar-refractivity contribution >= 4 is 82.7 Å². The van der Waals surface area contributed by atoms with Crippen LogP contribution in [0.3, 0.4) is 0 Å². The van der Waals surface area contributed by atoms with Crippen molar-refractivity contribution in [3.8, 4) is 27.9 Å². The first-order chi connectivity index (χ1) is 28.7. The second kappa shape index (κ2) is 12.9. The van der Waals surface area contributed by atoms with E-state index < -0.39 is 0 Å². The van der Waals surface area contributed by atoms with Crippen LogP contribution in [-0.4, -0.2) is 4.57 Å². The molecule has 9 aromatic carbocycles. The number of rotatable bonds is 6. The molecule has 0 fully saturated rings. The summed E-state index contributed by atoms with van der Waals surface area (Å²) in [6.07, 6.45) is 0. The van der Waals surface area contributed by atoms with Gasteiger partial charge in [-0.2, -0.15) is 0 Å². The molecule has 0 aliphatic heterocycles. The van der Waals surface area contributed by atoms with E-state index in [1.54, 1.807) is 0 Å². The van der Waals surface area contributed by atoms with Gasteiger partial charge in [-0.1, -0.05) is 127 Å². The summed E-state index contributed by atoms with van der Waals surface area (Å²) in [5, 5.41) is 6.95. The van der Waals surface area contributed by atoms with Crippen LogP contribution in [0, 0.1) is 0 Å². The Hall–Kier alpha value is -7.82. The molecule has 272 valence electrons. The number of aromatic nitrogens is 1. The minimum atomic E-state index is 0.853. The second-order valence-electron chi connectivity index (χ2n) is 14.9. The molecule has 3 heterocycles. The van der Waals surface area contributed by atoms with Gasteiger partial charge in [0.25, 0.3) is 0 Å². The maximum absolute atomic E-state index is 6.62. The van der Waals surface area contributed by atoms with Crippen LogP contribution >= 0.6 is 0 Å². The Bertz CT molecular complexity index is 3500. The number of hydrogen-bond donors (Lipinski definition) is 0. The fourth-order valence-electron chi connectivity index (χ4n) is 8.85. The highest BCUT2D eigenvalue weighted by molar-refractivity contribution is 6.12. The summed E-state index contributed by atoms with van der Waals surface area (Å²) in [6, 6.07) is 73.2. The number of para-hydroxylation sites is 5. The zero-order valence-electron chi connectivity index (χ0n) is 31.3. The van der Waals surface area contributed by atoms with Gasteiger partial charge < -0.3 is 18.3 Å². The lowest BCUT2D eigenvalue weighted by Gasteiger charge is -2.26. The number of fused-ring (bicyclic) bond motifs is 9. The van der Waals surface area contributed by atoms with Crippen LogP contribution in [0.2, 0.25) is 0 Å². The molecular weight excluding hydrogens is 709 g/mol. The molecule has 0 aliphatic carbocycles. The Kier molecular flexibility index (Phi) is 7.20. The lowest BCUT2D eigenvalue weighted by atomic mass is 10.0. The van der Waals surface area contributed by atoms with E-state index in [4.69, 9.17) is 8.83 Å². The number of anilines is 3. The van der Waals surface area contributed by atoms with Crippen molar-refractivity contribution in [2.75, 3.05) is 4.90 Å². The minimum Gasteiger partial charge on any atom is -0.456 e. The van der Waals surface area contributed by atoms with Crippen LogP contribution in [0.4, 0.5) is 17.1 Å². The van der Waals surface area contributed by atoms with Crippen molar-refractivity contribution in [1.29, 1.82) is 0 Å². The molecule has 58 heavy (non-hydrogen) atoms. The summed E-state index contributed by atoms with van der Waals surface area (Å²) in [6.45, 7) is 0. The highest BCUT2D eigenvalue weighted by atomic mass is 16.3. The number of benzene rings is 9. The summed E-state index contributed by atoms with van der Waals surface area (Å²) in [7, 11) is 0. The van der Waals surface area contributed by atoms with Crippen molar-refractivity contribution in [2.24, 2.45) is 0 Å². The van der Waals surface area contributed by atoms with E-state index in [1.807, 2.05) is 24.3 Å². The van der Waals surface area contributed by atoms with Crippen molar-refractivity contribution in [3.05, 3.63) is 206 Å². The molecule has 0 saturated heterocycles. The molecule has 0 unspecified atom stereocenters. The standard InChI is InChI=1S/C54H34N2O2/c1-2-11-39(12-3-1)56-48-17-7-4-13-42(48)43-31-25-37(33-50(43)56)35-21-27-40(28-22-35)55(49-18-10-16-47-45-15-6-9-20-52(45)58-54(47)49)41-29-23-36(24-30-41)38-26-32-46-44-14-5-8-19-51(44)57-53(46)34-38/h1-34H. The lowest BCUT2D eigenvalue weighted by molar-refractivity contribution is 0.668. The SMILES string of the molecule is c1ccc(-n2c3ccccc3c3ccc(-c4ccc(N(c5ccc(-c6ccc7c(c6)oc6ccccc67)cc5)c5cccc6c5oc5ccccc56)cc4)cc32)cc1. The Morgan fingerprint density at radius 1 is 0.328 bits per heavy atom. The Morgan fingerprint density at radius 3 is 1.57 bits per heavy atom. The van der Waals surface area contributed by atoms with Crippen LogP contribution in [0.25, 0.3) is 93.6 Å². The normalized spacial score (nSPS) is 11.8. The molecule has 3 aromatic heterocycles. The zero-order chi connectivity index (χ0) is 38.2.